The topological polar surface area (TPSA) is 49.8 Å². The molecule has 3 aromatic rings. The Morgan fingerprint density at radius 2 is 1.92 bits per heavy atom. The van der Waals surface area contributed by atoms with Crippen molar-refractivity contribution in [3.63, 3.8) is 0 Å². The number of aromatic nitrogens is 2. The molecule has 0 fully saturated rings. The van der Waals surface area contributed by atoms with Crippen LogP contribution in [0.1, 0.15) is 10.4 Å². The molecule has 0 aliphatic carbocycles. The van der Waals surface area contributed by atoms with Crippen molar-refractivity contribution in [2.75, 3.05) is 18.9 Å². The maximum absolute atomic E-state index is 12.9. The molecule has 24 heavy (non-hydrogen) atoms. The molecule has 2 aromatic heterocycles. The fourth-order valence-electron chi connectivity index (χ4n) is 2.32. The Labute approximate surface area is 144 Å². The summed E-state index contributed by atoms with van der Waals surface area (Å²) in [4.78, 5) is 11.0. The molecule has 3 rings (SSSR count). The highest BCUT2D eigenvalue weighted by molar-refractivity contribution is 7.15. The summed E-state index contributed by atoms with van der Waals surface area (Å²) in [5.41, 5.74) is 2.06. The molecule has 0 unspecified atom stereocenters. The van der Waals surface area contributed by atoms with Crippen molar-refractivity contribution in [1.82, 2.24) is 15.3 Å². The predicted octanol–water partition coefficient (Wildman–Crippen LogP) is 3.72. The van der Waals surface area contributed by atoms with E-state index in [2.05, 4.69) is 32.7 Å². The highest BCUT2D eigenvalue weighted by atomic mass is 32.1. The molecular formula is C18H19FN4S. The molecule has 6 heteroatoms. The first kappa shape index (κ1) is 16.5. The maximum atomic E-state index is 12.9. The molecule has 0 saturated heterocycles. The largest absolute Gasteiger partial charge is 0.357 e. The van der Waals surface area contributed by atoms with Crippen molar-refractivity contribution in [3.8, 4) is 10.6 Å². The number of hydrogen-bond acceptors (Lipinski definition) is 5. The quantitative estimate of drug-likeness (QED) is 0.643. The zero-order valence-corrected chi connectivity index (χ0v) is 14.2. The third-order valence-corrected chi connectivity index (χ3v) is 4.70. The Bertz CT molecular complexity index is 786. The van der Waals surface area contributed by atoms with E-state index in [0.717, 1.165) is 35.6 Å². The molecule has 124 valence electrons. The van der Waals surface area contributed by atoms with Gasteiger partial charge in [0.05, 0.1) is 10.6 Å². The van der Waals surface area contributed by atoms with Crippen LogP contribution < -0.4 is 10.6 Å². The van der Waals surface area contributed by atoms with Crippen molar-refractivity contribution >= 4 is 17.3 Å². The Morgan fingerprint density at radius 1 is 1.08 bits per heavy atom. The van der Waals surface area contributed by atoms with Crippen LogP contribution in [0, 0.1) is 5.82 Å². The van der Waals surface area contributed by atoms with Crippen molar-refractivity contribution in [2.24, 2.45) is 0 Å². The van der Waals surface area contributed by atoms with Gasteiger partial charge in [0, 0.05) is 24.7 Å². The number of hydrogen-bond donors (Lipinski definition) is 2. The van der Waals surface area contributed by atoms with Crippen LogP contribution in [-0.2, 0) is 13.0 Å². The number of nitrogens with one attached hydrogen (secondary N) is 2. The van der Waals surface area contributed by atoms with Gasteiger partial charge in [-0.2, -0.15) is 0 Å². The summed E-state index contributed by atoms with van der Waals surface area (Å²) in [5, 5.41) is 6.38. The van der Waals surface area contributed by atoms with Gasteiger partial charge in [-0.3, -0.25) is 0 Å². The molecule has 1 aromatic carbocycles. The van der Waals surface area contributed by atoms with Gasteiger partial charge in [-0.05, 0) is 48.9 Å². The van der Waals surface area contributed by atoms with Crippen LogP contribution in [0.4, 0.5) is 10.3 Å². The third kappa shape index (κ3) is 4.37. The van der Waals surface area contributed by atoms with Crippen LogP contribution in [0.15, 0.2) is 48.7 Å². The Balaban J connectivity index is 1.51. The van der Waals surface area contributed by atoms with Crippen LogP contribution in [0.5, 0.6) is 0 Å². The Morgan fingerprint density at radius 3 is 2.71 bits per heavy atom. The number of thiophene rings is 1. The molecule has 2 N–H and O–H groups in total. The molecule has 0 aliphatic heterocycles. The number of benzene rings is 1. The van der Waals surface area contributed by atoms with E-state index < -0.39 is 0 Å². The lowest BCUT2D eigenvalue weighted by atomic mass is 10.1. The molecule has 2 heterocycles. The summed E-state index contributed by atoms with van der Waals surface area (Å²) < 4.78 is 12.9. The van der Waals surface area contributed by atoms with Crippen LogP contribution >= 0.6 is 11.3 Å². The summed E-state index contributed by atoms with van der Waals surface area (Å²) in [6.45, 7) is 1.67. The van der Waals surface area contributed by atoms with Crippen LogP contribution in [0.25, 0.3) is 10.6 Å². The summed E-state index contributed by atoms with van der Waals surface area (Å²) in [6, 6.07) is 12.8. The van der Waals surface area contributed by atoms with Gasteiger partial charge in [0.25, 0.3) is 0 Å². The molecule has 0 aliphatic rings. The minimum Gasteiger partial charge on any atom is -0.357 e. The molecular weight excluding hydrogens is 323 g/mol. The fourth-order valence-corrected chi connectivity index (χ4v) is 3.27. The van der Waals surface area contributed by atoms with Crippen molar-refractivity contribution in [2.45, 2.75) is 13.0 Å². The Kier molecular flexibility index (Phi) is 5.51. The zero-order chi connectivity index (χ0) is 16.8. The van der Waals surface area contributed by atoms with E-state index in [9.17, 15) is 4.39 Å². The normalized spacial score (nSPS) is 10.8. The molecule has 0 atom stereocenters. The highest BCUT2D eigenvalue weighted by Crippen LogP contribution is 2.26. The van der Waals surface area contributed by atoms with E-state index in [4.69, 9.17) is 0 Å². The van der Waals surface area contributed by atoms with Gasteiger partial charge in [-0.25, -0.2) is 14.4 Å². The second kappa shape index (κ2) is 7.99. The van der Waals surface area contributed by atoms with E-state index in [-0.39, 0.29) is 5.82 Å². The van der Waals surface area contributed by atoms with Crippen molar-refractivity contribution < 1.29 is 4.39 Å². The standard InChI is InChI=1S/C18H19FN4S/c1-20-18-22-11-9-16(23-18)17-7-6-15(24-17)12-21-10-8-13-2-4-14(19)5-3-13/h2-7,9,11,21H,8,10,12H2,1H3,(H,20,22,23). The van der Waals surface area contributed by atoms with Crippen LogP contribution in [0.3, 0.4) is 0 Å². The SMILES string of the molecule is CNc1nccc(-c2ccc(CNCCc3ccc(F)cc3)s2)n1. The number of anilines is 1. The first-order valence-corrected chi connectivity index (χ1v) is 8.61. The first-order valence-electron chi connectivity index (χ1n) is 7.79. The first-order chi connectivity index (χ1) is 11.7. The van der Waals surface area contributed by atoms with Crippen molar-refractivity contribution in [3.05, 3.63) is 64.9 Å². The average molecular weight is 342 g/mol. The molecule has 0 saturated carbocycles. The smallest absolute Gasteiger partial charge is 0.222 e. The van der Waals surface area contributed by atoms with Gasteiger partial charge in [-0.15, -0.1) is 11.3 Å². The van der Waals surface area contributed by atoms with E-state index in [1.165, 1.54) is 17.0 Å². The number of halogens is 1. The lowest BCUT2D eigenvalue weighted by molar-refractivity contribution is 0.626. The fraction of sp³-hybridized carbons (Fsp3) is 0.222. The van der Waals surface area contributed by atoms with Crippen LogP contribution in [0.2, 0.25) is 0 Å². The van der Waals surface area contributed by atoms with E-state index in [0.29, 0.717) is 5.95 Å². The summed E-state index contributed by atoms with van der Waals surface area (Å²) >= 11 is 1.72. The minimum absolute atomic E-state index is 0.191. The molecule has 0 bridgehead atoms. The molecule has 0 spiro atoms. The minimum atomic E-state index is -0.191. The summed E-state index contributed by atoms with van der Waals surface area (Å²) in [5.74, 6) is 0.434. The summed E-state index contributed by atoms with van der Waals surface area (Å²) in [7, 11) is 1.81. The van der Waals surface area contributed by atoms with Gasteiger partial charge in [0.15, 0.2) is 0 Å². The second-order valence-electron chi connectivity index (χ2n) is 5.33. The van der Waals surface area contributed by atoms with Gasteiger partial charge < -0.3 is 10.6 Å². The van der Waals surface area contributed by atoms with E-state index in [1.807, 2.05) is 25.2 Å². The summed E-state index contributed by atoms with van der Waals surface area (Å²) in [6.07, 6.45) is 2.64. The zero-order valence-electron chi connectivity index (χ0n) is 13.4. The maximum Gasteiger partial charge on any atom is 0.222 e. The molecule has 0 radical (unpaired) electrons. The van der Waals surface area contributed by atoms with Gasteiger partial charge >= 0.3 is 0 Å². The van der Waals surface area contributed by atoms with Gasteiger partial charge in [-0.1, -0.05) is 12.1 Å². The van der Waals surface area contributed by atoms with Crippen LogP contribution in [-0.4, -0.2) is 23.6 Å². The monoisotopic (exact) mass is 342 g/mol. The van der Waals surface area contributed by atoms with Crippen molar-refractivity contribution in [1.29, 1.82) is 0 Å². The predicted molar refractivity (Wildman–Crippen MR) is 96.7 cm³/mol. The third-order valence-electron chi connectivity index (χ3n) is 3.60. The lowest BCUT2D eigenvalue weighted by Crippen LogP contribution is -2.15. The van der Waals surface area contributed by atoms with E-state index in [1.54, 1.807) is 17.5 Å². The number of rotatable bonds is 7. The average Bonchev–Trinajstić information content (AvgIpc) is 3.09. The van der Waals surface area contributed by atoms with Gasteiger partial charge in [0.2, 0.25) is 5.95 Å². The lowest BCUT2D eigenvalue weighted by Gasteiger charge is -2.03. The Hall–Kier alpha value is -2.31. The second-order valence-corrected chi connectivity index (χ2v) is 6.50. The van der Waals surface area contributed by atoms with E-state index >= 15 is 0 Å². The number of nitrogens with zero attached hydrogens (tertiary/aromatic N) is 2. The van der Waals surface area contributed by atoms with Gasteiger partial charge in [0.1, 0.15) is 5.82 Å². The molecule has 0 amide bonds. The highest BCUT2D eigenvalue weighted by Gasteiger charge is 2.05. The molecule has 4 nitrogen and oxygen atoms in total.